The van der Waals surface area contributed by atoms with E-state index in [0.29, 0.717) is 6.61 Å². The molecule has 2 aromatic carbocycles. The average molecular weight is 314 g/mol. The van der Waals surface area contributed by atoms with Crippen molar-refractivity contribution in [3.8, 4) is 0 Å². The molecule has 2 aromatic rings. The van der Waals surface area contributed by atoms with Crippen molar-refractivity contribution in [2.75, 3.05) is 26.2 Å². The maximum absolute atomic E-state index is 10.3. The van der Waals surface area contributed by atoms with E-state index in [9.17, 15) is 5.11 Å². The van der Waals surface area contributed by atoms with Crippen LogP contribution in [-0.2, 0) is 4.74 Å². The number of aliphatic hydroxyl groups is 1. The molecule has 0 aliphatic heterocycles. The summed E-state index contributed by atoms with van der Waals surface area (Å²) >= 11 is 0. The Bertz CT molecular complexity index is 501. The molecule has 124 valence electrons. The molecule has 0 heterocycles. The van der Waals surface area contributed by atoms with Gasteiger partial charge in [0.2, 0.25) is 0 Å². The fraction of sp³-hybridized carbons (Fsp3) is 0.400. The van der Waals surface area contributed by atoms with Crippen LogP contribution >= 0.6 is 0 Å². The molecule has 0 saturated carbocycles. The Hall–Kier alpha value is -1.68. The Morgan fingerprint density at radius 1 is 0.870 bits per heavy atom. The van der Waals surface area contributed by atoms with Crippen molar-refractivity contribution >= 4 is 0 Å². The monoisotopic (exact) mass is 314 g/mol. The zero-order valence-electron chi connectivity index (χ0n) is 14.1. The van der Waals surface area contributed by atoms with Gasteiger partial charge in [-0.15, -0.1) is 0 Å². The van der Waals surface area contributed by atoms with E-state index in [1.54, 1.807) is 0 Å². The van der Waals surface area contributed by atoms with Crippen LogP contribution in [0.5, 0.6) is 0 Å². The lowest BCUT2D eigenvalue weighted by Gasteiger charge is -2.23. The Balaban J connectivity index is 2.04. The summed E-state index contributed by atoms with van der Waals surface area (Å²) < 4.78 is 6.10. The van der Waals surface area contributed by atoms with E-state index < -0.39 is 6.10 Å². The van der Waals surface area contributed by atoms with Gasteiger partial charge in [0.15, 0.2) is 0 Å². The van der Waals surface area contributed by atoms with Crippen LogP contribution in [0, 0.1) is 0 Å². The number of rotatable bonds is 9. The van der Waals surface area contributed by atoms with Crippen LogP contribution in [0.1, 0.15) is 31.1 Å². The SMILES string of the molecule is CC[NH+](CC)C[C@@H](O)COC(c1ccccc1)c1ccccc1. The van der Waals surface area contributed by atoms with Crippen LogP contribution in [0.2, 0.25) is 0 Å². The molecule has 23 heavy (non-hydrogen) atoms. The first kappa shape index (κ1) is 17.7. The zero-order chi connectivity index (χ0) is 16.5. The van der Waals surface area contributed by atoms with Crippen LogP contribution in [0.3, 0.4) is 0 Å². The number of likely N-dealkylation sites (N-methyl/N-ethyl adjacent to an activating group) is 1. The van der Waals surface area contributed by atoms with E-state index >= 15 is 0 Å². The van der Waals surface area contributed by atoms with Crippen molar-refractivity contribution in [1.82, 2.24) is 0 Å². The number of nitrogens with one attached hydrogen (secondary N) is 1. The molecule has 0 unspecified atom stereocenters. The molecular formula is C20H28NO2+. The summed E-state index contributed by atoms with van der Waals surface area (Å²) in [5.41, 5.74) is 2.22. The molecule has 3 heteroatoms. The van der Waals surface area contributed by atoms with Crippen LogP contribution in [0.25, 0.3) is 0 Å². The van der Waals surface area contributed by atoms with Crippen molar-refractivity contribution < 1.29 is 14.7 Å². The number of aliphatic hydroxyl groups excluding tert-OH is 1. The van der Waals surface area contributed by atoms with E-state index in [4.69, 9.17) is 4.74 Å². The number of hydrogen-bond donors (Lipinski definition) is 2. The van der Waals surface area contributed by atoms with E-state index in [1.165, 1.54) is 4.90 Å². The Kier molecular flexibility index (Phi) is 7.27. The highest BCUT2D eigenvalue weighted by Crippen LogP contribution is 2.25. The standard InChI is InChI=1S/C20H27NO2/c1-3-21(4-2)15-19(22)16-23-20(17-11-7-5-8-12-17)18-13-9-6-10-14-18/h5-14,19-20,22H,3-4,15-16H2,1-2H3/p+1/t19-/m1/s1. The topological polar surface area (TPSA) is 33.9 Å². The smallest absolute Gasteiger partial charge is 0.126 e. The summed E-state index contributed by atoms with van der Waals surface area (Å²) in [6.07, 6.45) is -0.585. The second-order valence-electron chi connectivity index (χ2n) is 5.85. The third kappa shape index (κ3) is 5.47. The van der Waals surface area contributed by atoms with Gasteiger partial charge in [-0.3, -0.25) is 0 Å². The van der Waals surface area contributed by atoms with Gasteiger partial charge in [-0.1, -0.05) is 60.7 Å². The molecule has 2 N–H and O–H groups in total. The summed E-state index contributed by atoms with van der Waals surface area (Å²) in [5, 5.41) is 10.3. The number of ether oxygens (including phenoxy) is 1. The lowest BCUT2D eigenvalue weighted by Crippen LogP contribution is -3.12. The fourth-order valence-electron chi connectivity index (χ4n) is 2.78. The molecule has 0 aliphatic rings. The second kappa shape index (κ2) is 9.46. The molecular weight excluding hydrogens is 286 g/mol. The van der Waals surface area contributed by atoms with Gasteiger partial charge in [0.1, 0.15) is 18.8 Å². The van der Waals surface area contributed by atoms with Gasteiger partial charge >= 0.3 is 0 Å². The largest absolute Gasteiger partial charge is 0.385 e. The molecule has 0 saturated heterocycles. The molecule has 2 rings (SSSR count). The number of quaternary nitrogens is 1. The van der Waals surface area contributed by atoms with Gasteiger partial charge < -0.3 is 14.7 Å². The minimum atomic E-state index is -0.445. The predicted molar refractivity (Wildman–Crippen MR) is 93.6 cm³/mol. The second-order valence-corrected chi connectivity index (χ2v) is 5.85. The van der Waals surface area contributed by atoms with Crippen molar-refractivity contribution in [1.29, 1.82) is 0 Å². The van der Waals surface area contributed by atoms with Crippen LogP contribution in [-0.4, -0.2) is 37.5 Å². The first-order chi connectivity index (χ1) is 11.2. The van der Waals surface area contributed by atoms with Gasteiger partial charge in [-0.2, -0.15) is 0 Å². The Morgan fingerprint density at radius 2 is 1.35 bits per heavy atom. The number of benzene rings is 2. The third-order valence-corrected chi connectivity index (χ3v) is 4.18. The first-order valence-corrected chi connectivity index (χ1v) is 8.47. The lowest BCUT2D eigenvalue weighted by atomic mass is 10.0. The lowest BCUT2D eigenvalue weighted by molar-refractivity contribution is -0.899. The van der Waals surface area contributed by atoms with E-state index in [-0.39, 0.29) is 6.10 Å². The minimum Gasteiger partial charge on any atom is -0.385 e. The molecule has 1 atom stereocenters. The summed E-state index contributed by atoms with van der Waals surface area (Å²) in [7, 11) is 0. The third-order valence-electron chi connectivity index (χ3n) is 4.18. The van der Waals surface area contributed by atoms with Crippen LogP contribution in [0.15, 0.2) is 60.7 Å². The normalized spacial score (nSPS) is 12.7. The van der Waals surface area contributed by atoms with E-state index in [0.717, 1.165) is 30.8 Å². The highest BCUT2D eigenvalue weighted by atomic mass is 16.5. The highest BCUT2D eigenvalue weighted by Gasteiger charge is 2.18. The number of hydrogen-bond acceptors (Lipinski definition) is 2. The van der Waals surface area contributed by atoms with Gasteiger partial charge in [0, 0.05) is 0 Å². The molecule has 0 bridgehead atoms. The summed E-state index contributed by atoms with van der Waals surface area (Å²) in [5.74, 6) is 0. The zero-order valence-corrected chi connectivity index (χ0v) is 14.1. The van der Waals surface area contributed by atoms with Gasteiger partial charge in [0.05, 0.1) is 19.7 Å². The van der Waals surface area contributed by atoms with Crippen molar-refractivity contribution in [2.24, 2.45) is 0 Å². The maximum atomic E-state index is 10.3. The van der Waals surface area contributed by atoms with E-state index in [1.807, 2.05) is 36.4 Å². The summed E-state index contributed by atoms with van der Waals surface area (Å²) in [4.78, 5) is 1.39. The van der Waals surface area contributed by atoms with E-state index in [2.05, 4.69) is 38.1 Å². The van der Waals surface area contributed by atoms with Crippen molar-refractivity contribution in [2.45, 2.75) is 26.1 Å². The van der Waals surface area contributed by atoms with Crippen LogP contribution < -0.4 is 4.90 Å². The quantitative estimate of drug-likeness (QED) is 0.743. The summed E-state index contributed by atoms with van der Waals surface area (Å²) in [6, 6.07) is 20.4. The summed E-state index contributed by atoms with van der Waals surface area (Å²) in [6.45, 7) is 7.40. The maximum Gasteiger partial charge on any atom is 0.126 e. The molecule has 0 amide bonds. The van der Waals surface area contributed by atoms with Gasteiger partial charge in [0.25, 0.3) is 0 Å². The molecule has 0 spiro atoms. The average Bonchev–Trinajstić information content (AvgIpc) is 2.61. The van der Waals surface area contributed by atoms with Crippen molar-refractivity contribution in [3.05, 3.63) is 71.8 Å². The molecule has 3 nitrogen and oxygen atoms in total. The minimum absolute atomic E-state index is 0.140. The first-order valence-electron chi connectivity index (χ1n) is 8.47. The highest BCUT2D eigenvalue weighted by molar-refractivity contribution is 5.29. The van der Waals surface area contributed by atoms with Crippen molar-refractivity contribution in [3.63, 3.8) is 0 Å². The molecule has 0 aromatic heterocycles. The fourth-order valence-corrected chi connectivity index (χ4v) is 2.78. The Morgan fingerprint density at radius 3 is 1.78 bits per heavy atom. The molecule has 0 fully saturated rings. The van der Waals surface area contributed by atoms with Gasteiger partial charge in [-0.05, 0) is 25.0 Å². The predicted octanol–water partition coefficient (Wildman–Crippen LogP) is 2.08. The Labute approximate surface area is 139 Å². The molecule has 0 radical (unpaired) electrons. The van der Waals surface area contributed by atoms with Crippen LogP contribution in [0.4, 0.5) is 0 Å². The molecule has 0 aliphatic carbocycles. The van der Waals surface area contributed by atoms with Gasteiger partial charge in [-0.25, -0.2) is 0 Å².